The van der Waals surface area contributed by atoms with Gasteiger partial charge in [0.25, 0.3) is 0 Å². The van der Waals surface area contributed by atoms with Crippen LogP contribution in [0.2, 0.25) is 0 Å². The number of benzene rings is 1. The molecule has 2 aliphatic rings. The van der Waals surface area contributed by atoms with Gasteiger partial charge in [0.15, 0.2) is 0 Å². The maximum absolute atomic E-state index is 6.23. The van der Waals surface area contributed by atoms with Gasteiger partial charge in [-0.2, -0.15) is 0 Å². The Morgan fingerprint density at radius 3 is 2.19 bits per heavy atom. The fourth-order valence-electron chi connectivity index (χ4n) is 3.58. The lowest BCUT2D eigenvalue weighted by Crippen LogP contribution is -2.32. The Balaban J connectivity index is 2.05. The van der Waals surface area contributed by atoms with Gasteiger partial charge in [0.05, 0.1) is 19.9 Å². The van der Waals surface area contributed by atoms with Crippen LogP contribution in [0.3, 0.4) is 0 Å². The van der Waals surface area contributed by atoms with Gasteiger partial charge < -0.3 is 20.1 Å². The van der Waals surface area contributed by atoms with Crippen molar-refractivity contribution in [2.24, 2.45) is 5.73 Å². The second-order valence-electron chi connectivity index (χ2n) is 6.36. The van der Waals surface area contributed by atoms with Crippen LogP contribution in [0.1, 0.15) is 38.2 Å². The van der Waals surface area contributed by atoms with E-state index in [-0.39, 0.29) is 11.5 Å². The highest BCUT2D eigenvalue weighted by Crippen LogP contribution is 2.55. The van der Waals surface area contributed by atoms with Gasteiger partial charge in [-0.3, -0.25) is 0 Å². The van der Waals surface area contributed by atoms with Crippen LogP contribution in [0.5, 0.6) is 11.5 Å². The van der Waals surface area contributed by atoms with E-state index in [4.69, 9.17) is 15.2 Å². The molecule has 1 saturated carbocycles. The van der Waals surface area contributed by atoms with Crippen LogP contribution in [0, 0.1) is 0 Å². The highest BCUT2D eigenvalue weighted by Gasteiger charge is 2.49. The predicted octanol–water partition coefficient (Wildman–Crippen LogP) is 2.68. The van der Waals surface area contributed by atoms with Gasteiger partial charge in [0.1, 0.15) is 11.5 Å². The monoisotopic (exact) mass is 290 g/mol. The Labute approximate surface area is 127 Å². The summed E-state index contributed by atoms with van der Waals surface area (Å²) in [6.45, 7) is 4.28. The molecule has 1 aliphatic heterocycles. The molecule has 1 unspecified atom stereocenters. The van der Waals surface area contributed by atoms with Crippen LogP contribution >= 0.6 is 0 Å². The summed E-state index contributed by atoms with van der Waals surface area (Å²) >= 11 is 0. The standard InChI is InChI=1S/C17H26N2O2/c1-12(18)17(6-7-17)13-10-16(21-3)14(11-15(13)20-2)19-8-4-5-9-19/h10-12H,4-9,18H2,1-3H3. The number of methoxy groups -OCH3 is 2. The zero-order valence-corrected chi connectivity index (χ0v) is 13.3. The van der Waals surface area contributed by atoms with E-state index in [1.165, 1.54) is 18.4 Å². The third-order valence-electron chi connectivity index (χ3n) is 5.14. The van der Waals surface area contributed by atoms with E-state index in [2.05, 4.69) is 24.0 Å². The molecule has 1 aromatic rings. The smallest absolute Gasteiger partial charge is 0.142 e. The minimum absolute atomic E-state index is 0.0716. The van der Waals surface area contributed by atoms with Gasteiger partial charge in [0, 0.05) is 36.2 Å². The summed E-state index contributed by atoms with van der Waals surface area (Å²) < 4.78 is 11.3. The summed E-state index contributed by atoms with van der Waals surface area (Å²) in [6, 6.07) is 4.43. The Hall–Kier alpha value is -1.42. The van der Waals surface area contributed by atoms with E-state index in [0.717, 1.165) is 43.1 Å². The molecule has 0 aromatic heterocycles. The van der Waals surface area contributed by atoms with E-state index in [0.29, 0.717) is 0 Å². The van der Waals surface area contributed by atoms with Gasteiger partial charge in [-0.1, -0.05) is 0 Å². The average Bonchev–Trinajstić information content (AvgIpc) is 3.13. The molecule has 0 amide bonds. The van der Waals surface area contributed by atoms with Crippen molar-refractivity contribution < 1.29 is 9.47 Å². The van der Waals surface area contributed by atoms with Crippen molar-refractivity contribution in [2.45, 2.75) is 44.1 Å². The Bertz CT molecular complexity index is 518. The molecule has 1 aromatic carbocycles. The maximum atomic E-state index is 6.23. The largest absolute Gasteiger partial charge is 0.496 e. The van der Waals surface area contributed by atoms with Crippen LogP contribution in [0.25, 0.3) is 0 Å². The lowest BCUT2D eigenvalue weighted by molar-refractivity contribution is 0.389. The molecular weight excluding hydrogens is 264 g/mol. The van der Waals surface area contributed by atoms with E-state index >= 15 is 0 Å². The molecule has 3 rings (SSSR count). The second-order valence-corrected chi connectivity index (χ2v) is 6.36. The number of rotatable bonds is 5. The van der Waals surface area contributed by atoms with E-state index in [1.54, 1.807) is 14.2 Å². The number of nitrogens with zero attached hydrogens (tertiary/aromatic N) is 1. The number of hydrogen-bond acceptors (Lipinski definition) is 4. The summed E-state index contributed by atoms with van der Waals surface area (Å²) in [5, 5.41) is 0. The molecule has 1 atom stereocenters. The first-order valence-corrected chi connectivity index (χ1v) is 7.89. The quantitative estimate of drug-likeness (QED) is 0.905. The molecule has 21 heavy (non-hydrogen) atoms. The zero-order chi connectivity index (χ0) is 15.0. The average molecular weight is 290 g/mol. The SMILES string of the molecule is COc1cc(C2(C(C)N)CC2)c(OC)cc1N1CCCC1. The molecule has 4 heteroatoms. The van der Waals surface area contributed by atoms with Gasteiger partial charge in [-0.25, -0.2) is 0 Å². The first-order chi connectivity index (χ1) is 10.1. The highest BCUT2D eigenvalue weighted by atomic mass is 16.5. The molecule has 2 N–H and O–H groups in total. The van der Waals surface area contributed by atoms with Crippen molar-refractivity contribution in [3.63, 3.8) is 0 Å². The van der Waals surface area contributed by atoms with E-state index < -0.39 is 0 Å². The first-order valence-electron chi connectivity index (χ1n) is 7.89. The summed E-state index contributed by atoms with van der Waals surface area (Å²) in [7, 11) is 3.49. The molecule has 2 fully saturated rings. The maximum Gasteiger partial charge on any atom is 0.142 e. The lowest BCUT2D eigenvalue weighted by atomic mass is 9.88. The van der Waals surface area contributed by atoms with Gasteiger partial charge in [-0.05, 0) is 38.7 Å². The van der Waals surface area contributed by atoms with Crippen LogP contribution in [-0.4, -0.2) is 33.4 Å². The predicted molar refractivity (Wildman–Crippen MR) is 85.6 cm³/mol. The normalized spacial score (nSPS) is 21.2. The summed E-state index contributed by atoms with van der Waals surface area (Å²) in [6.07, 6.45) is 4.76. The lowest BCUT2D eigenvalue weighted by Gasteiger charge is -2.27. The third kappa shape index (κ3) is 2.35. The van der Waals surface area contributed by atoms with Crippen LogP contribution in [0.4, 0.5) is 5.69 Å². The van der Waals surface area contributed by atoms with Crippen molar-refractivity contribution in [1.82, 2.24) is 0 Å². The van der Waals surface area contributed by atoms with Crippen molar-refractivity contribution >= 4 is 5.69 Å². The Kier molecular flexibility index (Phi) is 3.74. The first kappa shape index (κ1) is 14.5. The molecular formula is C17H26N2O2. The molecule has 0 radical (unpaired) electrons. The third-order valence-corrected chi connectivity index (χ3v) is 5.14. The van der Waals surface area contributed by atoms with Crippen molar-refractivity contribution in [3.05, 3.63) is 17.7 Å². The van der Waals surface area contributed by atoms with Gasteiger partial charge in [0.2, 0.25) is 0 Å². The Morgan fingerprint density at radius 2 is 1.71 bits per heavy atom. The van der Waals surface area contributed by atoms with Crippen molar-refractivity contribution in [2.75, 3.05) is 32.2 Å². The molecule has 1 heterocycles. The second kappa shape index (κ2) is 5.41. The summed E-state index contributed by atoms with van der Waals surface area (Å²) in [5.41, 5.74) is 8.66. The minimum atomic E-state index is 0.0716. The van der Waals surface area contributed by atoms with Gasteiger partial charge >= 0.3 is 0 Å². The molecule has 1 saturated heterocycles. The summed E-state index contributed by atoms with van der Waals surface area (Å²) in [5.74, 6) is 1.90. The Morgan fingerprint density at radius 1 is 1.10 bits per heavy atom. The minimum Gasteiger partial charge on any atom is -0.496 e. The number of nitrogens with two attached hydrogens (primary N) is 1. The van der Waals surface area contributed by atoms with Crippen LogP contribution < -0.4 is 20.1 Å². The molecule has 1 aliphatic carbocycles. The van der Waals surface area contributed by atoms with Crippen LogP contribution in [0.15, 0.2) is 12.1 Å². The fourth-order valence-corrected chi connectivity index (χ4v) is 3.58. The molecule has 0 bridgehead atoms. The number of anilines is 1. The molecule has 0 spiro atoms. The molecule has 116 valence electrons. The van der Waals surface area contributed by atoms with Crippen LogP contribution in [-0.2, 0) is 5.41 Å². The number of hydrogen-bond donors (Lipinski definition) is 1. The molecule has 4 nitrogen and oxygen atoms in total. The topological polar surface area (TPSA) is 47.7 Å². The van der Waals surface area contributed by atoms with Crippen molar-refractivity contribution in [3.8, 4) is 11.5 Å². The highest BCUT2D eigenvalue weighted by molar-refractivity contribution is 5.66. The fraction of sp³-hybridized carbons (Fsp3) is 0.647. The van der Waals surface area contributed by atoms with E-state index in [1.807, 2.05) is 0 Å². The van der Waals surface area contributed by atoms with Crippen molar-refractivity contribution in [1.29, 1.82) is 0 Å². The van der Waals surface area contributed by atoms with Gasteiger partial charge in [-0.15, -0.1) is 0 Å². The zero-order valence-electron chi connectivity index (χ0n) is 13.3. The summed E-state index contributed by atoms with van der Waals surface area (Å²) in [4.78, 5) is 2.39. The van der Waals surface area contributed by atoms with E-state index in [9.17, 15) is 0 Å². The number of ether oxygens (including phenoxy) is 2.